The van der Waals surface area contributed by atoms with Crippen LogP contribution in [0.15, 0.2) is 48.8 Å². The van der Waals surface area contributed by atoms with Crippen LogP contribution in [0.1, 0.15) is 18.2 Å². The number of carbonyl (C=O) groups excluding carboxylic acids is 1. The minimum atomic E-state index is -4.59. The van der Waals surface area contributed by atoms with E-state index in [1.807, 2.05) is 6.07 Å². The fraction of sp³-hybridized carbons (Fsp3) is 0.296. The summed E-state index contributed by atoms with van der Waals surface area (Å²) in [4.78, 5) is 19.0. The molecule has 0 aliphatic carbocycles. The zero-order chi connectivity index (χ0) is 29.7. The van der Waals surface area contributed by atoms with Crippen molar-refractivity contribution in [2.24, 2.45) is 0 Å². The number of halogens is 4. The maximum Gasteiger partial charge on any atom is 0.416 e. The van der Waals surface area contributed by atoms with Gasteiger partial charge in [-0.1, -0.05) is 24.6 Å². The van der Waals surface area contributed by atoms with E-state index in [1.165, 1.54) is 13.4 Å². The van der Waals surface area contributed by atoms with Crippen molar-refractivity contribution < 1.29 is 27.4 Å². The molecule has 4 rings (SSSR count). The predicted molar refractivity (Wildman–Crippen MR) is 151 cm³/mol. The molecular weight excluding hydrogens is 563 g/mol. The Labute approximate surface area is 239 Å². The molecule has 0 radical (unpaired) electrons. The molecule has 0 spiro atoms. The molecule has 4 aromatic rings. The molecule has 0 fully saturated rings. The van der Waals surface area contributed by atoms with Gasteiger partial charge >= 0.3 is 12.2 Å². The molecule has 0 bridgehead atoms. The van der Waals surface area contributed by atoms with Crippen molar-refractivity contribution in [3.63, 3.8) is 0 Å². The number of urea groups is 1. The number of likely N-dealkylation sites (N-methyl/N-ethyl adjacent to an activating group) is 1. The van der Waals surface area contributed by atoms with Gasteiger partial charge in [-0.2, -0.15) is 18.3 Å². The third-order valence-corrected chi connectivity index (χ3v) is 6.73. The molecule has 0 saturated carbocycles. The highest BCUT2D eigenvalue weighted by Gasteiger charge is 2.31. The third kappa shape index (κ3) is 6.81. The third-order valence-electron chi connectivity index (χ3n) is 6.40. The van der Waals surface area contributed by atoms with Crippen molar-refractivity contribution in [2.45, 2.75) is 19.6 Å². The van der Waals surface area contributed by atoms with Gasteiger partial charge in [0, 0.05) is 25.8 Å². The number of aromatic nitrogens is 3. The Bertz CT molecular complexity index is 1540. The van der Waals surface area contributed by atoms with Crippen LogP contribution in [-0.2, 0) is 17.5 Å². The summed E-state index contributed by atoms with van der Waals surface area (Å²) in [5.41, 5.74) is 8.39. The Morgan fingerprint density at radius 2 is 1.88 bits per heavy atom. The van der Waals surface area contributed by atoms with Crippen molar-refractivity contribution in [1.82, 2.24) is 19.5 Å². The van der Waals surface area contributed by atoms with Crippen LogP contribution in [0.5, 0.6) is 5.75 Å². The zero-order valence-corrected chi connectivity index (χ0v) is 23.3. The minimum absolute atomic E-state index is 0.0458. The smallest absolute Gasteiger partial charge is 0.416 e. The van der Waals surface area contributed by atoms with Crippen LogP contribution in [0.25, 0.3) is 16.6 Å². The lowest BCUT2D eigenvalue weighted by molar-refractivity contribution is -0.137. The summed E-state index contributed by atoms with van der Waals surface area (Å²) in [7, 11) is 3.09. The standard InChI is InChI=1S/C27H29ClF3N7O3/c1-4-37(9-10-40-2)14-18-13-19(24-25(32)33-15-34-38(18)24)16-5-8-21(23(11-16)41-3)35-26(39)36-22-12-17(27(29,30)31)6-7-20(22)28/h5-8,11-13,15H,4,9-10,14H2,1-3H3,(H2,32,33,34)(H2,35,36,39). The second-order valence-electron chi connectivity index (χ2n) is 9.00. The lowest BCUT2D eigenvalue weighted by Crippen LogP contribution is -2.27. The number of alkyl halides is 3. The monoisotopic (exact) mass is 591 g/mol. The van der Waals surface area contributed by atoms with Crippen LogP contribution in [-0.4, -0.2) is 59.4 Å². The average Bonchev–Trinajstić information content (AvgIpc) is 3.31. The van der Waals surface area contributed by atoms with E-state index in [2.05, 4.69) is 32.5 Å². The van der Waals surface area contributed by atoms with Crippen LogP contribution < -0.4 is 21.1 Å². The van der Waals surface area contributed by atoms with E-state index in [0.717, 1.165) is 48.1 Å². The van der Waals surface area contributed by atoms with Gasteiger partial charge in [-0.25, -0.2) is 14.3 Å². The van der Waals surface area contributed by atoms with Gasteiger partial charge in [-0.05, 0) is 48.5 Å². The molecule has 14 heteroatoms. The molecule has 218 valence electrons. The van der Waals surface area contributed by atoms with Gasteiger partial charge in [0.1, 0.15) is 17.6 Å². The summed E-state index contributed by atoms with van der Waals surface area (Å²) >= 11 is 6.00. The van der Waals surface area contributed by atoms with E-state index in [0.29, 0.717) is 30.2 Å². The molecule has 0 aliphatic heterocycles. The first-order valence-corrected chi connectivity index (χ1v) is 12.9. The zero-order valence-electron chi connectivity index (χ0n) is 22.6. The highest BCUT2D eigenvalue weighted by molar-refractivity contribution is 6.33. The van der Waals surface area contributed by atoms with Crippen molar-refractivity contribution in [2.75, 3.05) is 50.3 Å². The quantitative estimate of drug-likeness (QED) is 0.214. The molecule has 0 atom stereocenters. The van der Waals surface area contributed by atoms with Crippen LogP contribution in [0, 0.1) is 0 Å². The second kappa shape index (κ2) is 12.6. The van der Waals surface area contributed by atoms with E-state index in [1.54, 1.807) is 29.8 Å². The topological polar surface area (TPSA) is 119 Å². The number of carbonyl (C=O) groups is 1. The van der Waals surface area contributed by atoms with Gasteiger partial charge in [0.05, 0.1) is 41.4 Å². The number of hydrogen-bond donors (Lipinski definition) is 3. The van der Waals surface area contributed by atoms with Crippen molar-refractivity contribution in [3.05, 3.63) is 65.1 Å². The molecule has 0 unspecified atom stereocenters. The lowest BCUT2D eigenvalue weighted by atomic mass is 10.1. The van der Waals surface area contributed by atoms with Gasteiger partial charge in [-0.15, -0.1) is 0 Å². The summed E-state index contributed by atoms with van der Waals surface area (Å²) in [6, 6.07) is 8.91. The van der Waals surface area contributed by atoms with Crippen molar-refractivity contribution >= 4 is 40.3 Å². The van der Waals surface area contributed by atoms with Gasteiger partial charge in [-0.3, -0.25) is 4.90 Å². The fourth-order valence-electron chi connectivity index (χ4n) is 4.30. The Morgan fingerprint density at radius 3 is 2.56 bits per heavy atom. The summed E-state index contributed by atoms with van der Waals surface area (Å²) in [5.74, 6) is 0.596. The maximum atomic E-state index is 13.1. The second-order valence-corrected chi connectivity index (χ2v) is 9.41. The number of hydrogen-bond acceptors (Lipinski definition) is 7. The number of benzene rings is 2. The first-order valence-electron chi connectivity index (χ1n) is 12.5. The largest absolute Gasteiger partial charge is 0.495 e. The number of fused-ring (bicyclic) bond motifs is 1. The molecule has 2 aromatic carbocycles. The summed E-state index contributed by atoms with van der Waals surface area (Å²) in [6.45, 7) is 4.77. The van der Waals surface area contributed by atoms with Crippen molar-refractivity contribution in [1.29, 1.82) is 0 Å². The van der Waals surface area contributed by atoms with Crippen LogP contribution >= 0.6 is 11.6 Å². The molecular formula is C27H29ClF3N7O3. The van der Waals surface area contributed by atoms with Crippen LogP contribution in [0.2, 0.25) is 5.02 Å². The van der Waals surface area contributed by atoms with E-state index in [-0.39, 0.29) is 16.4 Å². The van der Waals surface area contributed by atoms with Gasteiger partial charge < -0.3 is 25.8 Å². The first-order chi connectivity index (χ1) is 19.5. The number of nitrogens with two attached hydrogens (primary N) is 1. The molecule has 0 saturated heterocycles. The lowest BCUT2D eigenvalue weighted by Gasteiger charge is -2.19. The number of ether oxygens (including phenoxy) is 2. The van der Waals surface area contributed by atoms with E-state index < -0.39 is 17.8 Å². The van der Waals surface area contributed by atoms with E-state index in [9.17, 15) is 18.0 Å². The number of rotatable bonds is 10. The van der Waals surface area contributed by atoms with Gasteiger partial charge in [0.25, 0.3) is 0 Å². The molecule has 10 nitrogen and oxygen atoms in total. The minimum Gasteiger partial charge on any atom is -0.495 e. The highest BCUT2D eigenvalue weighted by atomic mass is 35.5. The molecule has 2 aromatic heterocycles. The van der Waals surface area contributed by atoms with E-state index >= 15 is 0 Å². The maximum absolute atomic E-state index is 13.1. The summed E-state index contributed by atoms with van der Waals surface area (Å²) in [5, 5.41) is 9.32. The molecule has 0 aliphatic rings. The van der Waals surface area contributed by atoms with E-state index in [4.69, 9.17) is 26.8 Å². The van der Waals surface area contributed by atoms with Crippen molar-refractivity contribution in [3.8, 4) is 16.9 Å². The molecule has 41 heavy (non-hydrogen) atoms. The summed E-state index contributed by atoms with van der Waals surface area (Å²) < 4.78 is 51.8. The Morgan fingerprint density at radius 1 is 1.12 bits per heavy atom. The fourth-order valence-corrected chi connectivity index (χ4v) is 4.46. The van der Waals surface area contributed by atoms with Crippen LogP contribution in [0.3, 0.4) is 0 Å². The SMILES string of the molecule is CCN(CCOC)Cc1cc(-c2ccc(NC(=O)Nc3cc(C(F)(F)F)ccc3Cl)c(OC)c2)c2c(N)ncnn12. The average molecular weight is 592 g/mol. The number of anilines is 3. The van der Waals surface area contributed by atoms with Gasteiger partial charge in [0.2, 0.25) is 0 Å². The number of nitrogens with one attached hydrogen (secondary N) is 2. The molecule has 2 amide bonds. The summed E-state index contributed by atoms with van der Waals surface area (Å²) in [6.07, 6.45) is -3.20. The number of nitrogen functional groups attached to an aromatic ring is 1. The highest BCUT2D eigenvalue weighted by Crippen LogP contribution is 2.37. The molecule has 2 heterocycles. The normalized spacial score (nSPS) is 11.7. The Balaban J connectivity index is 1.62. The van der Waals surface area contributed by atoms with Crippen LogP contribution in [0.4, 0.5) is 35.2 Å². The number of nitrogens with zero attached hydrogens (tertiary/aromatic N) is 4. The first kappa shape index (κ1) is 29.9. The Hall–Kier alpha value is -4.07. The van der Waals surface area contributed by atoms with Gasteiger partial charge in [0.15, 0.2) is 5.82 Å². The number of methoxy groups -OCH3 is 2. The molecule has 4 N–H and O–H groups in total. The number of amides is 2. The Kier molecular flexibility index (Phi) is 9.21. The predicted octanol–water partition coefficient (Wildman–Crippen LogP) is 5.77.